The topological polar surface area (TPSA) is 17.0 Å². The molecule has 0 spiro atoms. The van der Waals surface area contributed by atoms with E-state index in [4.69, 9.17) is 0 Å². The van der Waals surface area contributed by atoms with Crippen molar-refractivity contribution in [3.8, 4) is 5.69 Å². The predicted octanol–water partition coefficient (Wildman–Crippen LogP) is 5.10. The van der Waals surface area contributed by atoms with Gasteiger partial charge in [0.1, 0.15) is 0 Å². The van der Waals surface area contributed by atoms with Crippen molar-refractivity contribution in [2.75, 3.05) is 5.32 Å². The number of nitrogens with zero attached hydrogens (tertiary/aromatic N) is 1. The summed E-state index contributed by atoms with van der Waals surface area (Å²) < 4.78 is 2.15. The molecule has 1 heterocycles. The summed E-state index contributed by atoms with van der Waals surface area (Å²) in [4.78, 5) is 0. The van der Waals surface area contributed by atoms with Crippen molar-refractivity contribution in [3.63, 3.8) is 0 Å². The highest BCUT2D eigenvalue weighted by Crippen LogP contribution is 2.39. The summed E-state index contributed by atoms with van der Waals surface area (Å²) in [6, 6.07) is 13.4. The SMILES string of the molecule is CC1CC(Nc2cccc(-n3cccc3)c2)CC(C)(C)C1. The molecule has 2 atom stereocenters. The minimum absolute atomic E-state index is 0.452. The first kappa shape index (κ1) is 14.2. The van der Waals surface area contributed by atoms with Crippen LogP contribution in [0.5, 0.6) is 0 Å². The number of anilines is 1. The van der Waals surface area contributed by atoms with Crippen LogP contribution in [0.3, 0.4) is 0 Å². The fourth-order valence-electron chi connectivity index (χ4n) is 3.95. The van der Waals surface area contributed by atoms with Crippen LogP contribution >= 0.6 is 0 Å². The Morgan fingerprint density at radius 2 is 1.86 bits per heavy atom. The van der Waals surface area contributed by atoms with E-state index in [-0.39, 0.29) is 0 Å². The maximum atomic E-state index is 3.76. The second-order valence-electron chi connectivity index (χ2n) is 7.40. The normalized spacial score (nSPS) is 24.7. The van der Waals surface area contributed by atoms with Crippen LogP contribution in [0.25, 0.3) is 5.69 Å². The molecule has 0 bridgehead atoms. The highest BCUT2D eigenvalue weighted by molar-refractivity contribution is 5.52. The van der Waals surface area contributed by atoms with Gasteiger partial charge in [-0.1, -0.05) is 26.8 Å². The summed E-state index contributed by atoms with van der Waals surface area (Å²) in [7, 11) is 0. The van der Waals surface area contributed by atoms with E-state index >= 15 is 0 Å². The van der Waals surface area contributed by atoms with Gasteiger partial charge in [0.25, 0.3) is 0 Å². The lowest BCUT2D eigenvalue weighted by Crippen LogP contribution is -2.35. The molecule has 0 radical (unpaired) electrons. The van der Waals surface area contributed by atoms with E-state index < -0.39 is 0 Å². The maximum absolute atomic E-state index is 3.76. The van der Waals surface area contributed by atoms with E-state index in [0.29, 0.717) is 11.5 Å². The van der Waals surface area contributed by atoms with Crippen molar-refractivity contribution in [1.82, 2.24) is 4.57 Å². The molecule has 1 aliphatic rings. The van der Waals surface area contributed by atoms with E-state index in [1.54, 1.807) is 0 Å². The fourth-order valence-corrected chi connectivity index (χ4v) is 3.95. The van der Waals surface area contributed by atoms with Gasteiger partial charge in [-0.05, 0) is 60.9 Å². The summed E-state index contributed by atoms with van der Waals surface area (Å²) in [5, 5.41) is 3.76. The number of aromatic nitrogens is 1. The summed E-state index contributed by atoms with van der Waals surface area (Å²) >= 11 is 0. The molecule has 1 aromatic carbocycles. The van der Waals surface area contributed by atoms with Crippen LogP contribution in [0.2, 0.25) is 0 Å². The lowest BCUT2D eigenvalue weighted by atomic mass is 9.70. The molecule has 2 nitrogen and oxygen atoms in total. The molecule has 0 saturated heterocycles. The zero-order valence-electron chi connectivity index (χ0n) is 13.3. The van der Waals surface area contributed by atoms with Crippen LogP contribution < -0.4 is 5.32 Å². The number of rotatable bonds is 3. The lowest BCUT2D eigenvalue weighted by Gasteiger charge is -2.39. The van der Waals surface area contributed by atoms with Gasteiger partial charge in [-0.3, -0.25) is 0 Å². The summed E-state index contributed by atoms with van der Waals surface area (Å²) in [6.07, 6.45) is 8.05. The third-order valence-corrected chi connectivity index (χ3v) is 4.51. The number of hydrogen-bond donors (Lipinski definition) is 1. The Kier molecular flexibility index (Phi) is 3.79. The van der Waals surface area contributed by atoms with Crippen LogP contribution in [0.15, 0.2) is 48.8 Å². The molecule has 2 heteroatoms. The van der Waals surface area contributed by atoms with Crippen LogP contribution in [-0.4, -0.2) is 10.6 Å². The highest BCUT2D eigenvalue weighted by atomic mass is 15.0. The van der Waals surface area contributed by atoms with E-state index in [1.165, 1.54) is 30.6 Å². The van der Waals surface area contributed by atoms with E-state index in [9.17, 15) is 0 Å². The van der Waals surface area contributed by atoms with Crippen molar-refractivity contribution in [2.45, 2.75) is 46.1 Å². The lowest BCUT2D eigenvalue weighted by molar-refractivity contribution is 0.178. The Morgan fingerprint density at radius 1 is 1.10 bits per heavy atom. The standard InChI is InChI=1S/C19H26N2/c1-15-11-17(14-19(2,3)13-15)20-16-7-6-8-18(12-16)21-9-4-5-10-21/h4-10,12,15,17,20H,11,13-14H2,1-3H3. The van der Waals surface area contributed by atoms with Gasteiger partial charge >= 0.3 is 0 Å². The van der Waals surface area contributed by atoms with Crippen LogP contribution in [0.4, 0.5) is 5.69 Å². The molecule has 1 N–H and O–H groups in total. The summed E-state index contributed by atoms with van der Waals surface area (Å²) in [5.41, 5.74) is 2.90. The smallest absolute Gasteiger partial charge is 0.0469 e. The fraction of sp³-hybridized carbons (Fsp3) is 0.474. The van der Waals surface area contributed by atoms with Gasteiger partial charge in [-0.2, -0.15) is 0 Å². The average molecular weight is 282 g/mol. The van der Waals surface area contributed by atoms with Crippen molar-refractivity contribution in [3.05, 3.63) is 48.8 Å². The number of hydrogen-bond acceptors (Lipinski definition) is 1. The van der Waals surface area contributed by atoms with E-state index in [0.717, 1.165) is 5.92 Å². The zero-order chi connectivity index (χ0) is 14.9. The van der Waals surface area contributed by atoms with Crippen LogP contribution in [0.1, 0.15) is 40.0 Å². The van der Waals surface area contributed by atoms with Gasteiger partial charge in [0.05, 0.1) is 0 Å². The van der Waals surface area contributed by atoms with Gasteiger partial charge in [0, 0.05) is 29.8 Å². The molecule has 1 aromatic heterocycles. The Balaban J connectivity index is 1.74. The highest BCUT2D eigenvalue weighted by Gasteiger charge is 2.31. The minimum atomic E-state index is 0.452. The largest absolute Gasteiger partial charge is 0.382 e. The molecule has 21 heavy (non-hydrogen) atoms. The third kappa shape index (κ3) is 3.49. The first-order chi connectivity index (χ1) is 10.0. The van der Waals surface area contributed by atoms with Gasteiger partial charge in [0.15, 0.2) is 0 Å². The molecule has 0 aliphatic heterocycles. The Bertz CT molecular complexity index is 583. The van der Waals surface area contributed by atoms with Crippen molar-refractivity contribution in [1.29, 1.82) is 0 Å². The predicted molar refractivity (Wildman–Crippen MR) is 90.0 cm³/mol. The van der Waals surface area contributed by atoms with Crippen molar-refractivity contribution >= 4 is 5.69 Å². The second kappa shape index (κ2) is 5.59. The summed E-state index contributed by atoms with van der Waals surface area (Å²) in [6.45, 7) is 7.17. The molecule has 3 rings (SSSR count). The van der Waals surface area contributed by atoms with Gasteiger partial charge in [-0.15, -0.1) is 0 Å². The van der Waals surface area contributed by atoms with Crippen molar-refractivity contribution in [2.24, 2.45) is 11.3 Å². The van der Waals surface area contributed by atoms with E-state index in [2.05, 4.69) is 79.4 Å². The van der Waals surface area contributed by atoms with Crippen LogP contribution in [0, 0.1) is 11.3 Å². The third-order valence-electron chi connectivity index (χ3n) is 4.51. The van der Waals surface area contributed by atoms with Gasteiger partial charge in [-0.25, -0.2) is 0 Å². The maximum Gasteiger partial charge on any atom is 0.0469 e. The van der Waals surface area contributed by atoms with Crippen molar-refractivity contribution < 1.29 is 0 Å². The first-order valence-electron chi connectivity index (χ1n) is 8.02. The molecule has 0 amide bonds. The molecule has 1 fully saturated rings. The monoisotopic (exact) mass is 282 g/mol. The summed E-state index contributed by atoms with van der Waals surface area (Å²) in [5.74, 6) is 0.805. The molecule has 1 saturated carbocycles. The van der Waals surface area contributed by atoms with Crippen LogP contribution in [-0.2, 0) is 0 Å². The molecule has 2 unspecified atom stereocenters. The molecule has 2 aromatic rings. The number of benzene rings is 1. The zero-order valence-corrected chi connectivity index (χ0v) is 13.3. The second-order valence-corrected chi connectivity index (χ2v) is 7.40. The van der Waals surface area contributed by atoms with Gasteiger partial charge < -0.3 is 9.88 Å². The average Bonchev–Trinajstić information content (AvgIpc) is 2.90. The number of nitrogens with one attached hydrogen (secondary N) is 1. The molecule has 1 aliphatic carbocycles. The minimum Gasteiger partial charge on any atom is -0.382 e. The van der Waals surface area contributed by atoms with E-state index in [1.807, 2.05) is 0 Å². The Morgan fingerprint density at radius 3 is 2.57 bits per heavy atom. The molecular formula is C19H26N2. The Hall–Kier alpha value is -1.70. The molecule has 112 valence electrons. The quantitative estimate of drug-likeness (QED) is 0.828. The first-order valence-corrected chi connectivity index (χ1v) is 8.02. The molecular weight excluding hydrogens is 256 g/mol. The Labute approximate surface area is 128 Å². The van der Waals surface area contributed by atoms with Gasteiger partial charge in [0.2, 0.25) is 0 Å².